The van der Waals surface area contributed by atoms with Gasteiger partial charge in [0.1, 0.15) is 11.5 Å². The molecule has 0 aromatic heterocycles. The minimum Gasteiger partial charge on any atom is -0.457 e. The topological polar surface area (TPSA) is 99.0 Å². The minimum absolute atomic E-state index is 0.158. The highest BCUT2D eigenvalue weighted by molar-refractivity contribution is 6.23. The number of ether oxygens (including phenoxy) is 2. The van der Waals surface area contributed by atoms with Gasteiger partial charge in [0.05, 0.1) is 40.7 Å². The van der Waals surface area contributed by atoms with Gasteiger partial charge in [-0.05, 0) is 37.5 Å². The van der Waals surface area contributed by atoms with Crippen LogP contribution >= 0.6 is 0 Å². The first-order valence-electron chi connectivity index (χ1n) is 9.49. The van der Waals surface area contributed by atoms with Gasteiger partial charge in [0.15, 0.2) is 0 Å². The number of hydrogen-bond donors (Lipinski definition) is 0. The number of anilines is 1. The predicted molar refractivity (Wildman–Crippen MR) is 102 cm³/mol. The molecule has 0 saturated carbocycles. The number of carbonyl (C=O) groups excluding carboxylic acids is 2. The van der Waals surface area contributed by atoms with Crippen LogP contribution in [0.1, 0.15) is 18.4 Å². The van der Waals surface area contributed by atoms with Gasteiger partial charge in [-0.3, -0.25) is 19.7 Å². The molecule has 2 aromatic carbocycles. The molecule has 5 rings (SSSR count). The quantitative estimate of drug-likeness (QED) is 0.448. The highest BCUT2D eigenvalue weighted by Gasteiger charge is 2.62. The van der Waals surface area contributed by atoms with Gasteiger partial charge < -0.3 is 9.47 Å². The number of amides is 2. The van der Waals surface area contributed by atoms with Crippen molar-refractivity contribution in [3.63, 3.8) is 0 Å². The fraction of sp³-hybridized carbons (Fsp3) is 0.333. The van der Waals surface area contributed by atoms with Crippen molar-refractivity contribution in [2.24, 2.45) is 11.8 Å². The summed E-state index contributed by atoms with van der Waals surface area (Å²) in [6, 6.07) is 11.3. The second-order valence-electron chi connectivity index (χ2n) is 7.71. The lowest BCUT2D eigenvalue weighted by molar-refractivity contribution is -0.384. The van der Waals surface area contributed by atoms with E-state index in [2.05, 4.69) is 0 Å². The molecule has 0 unspecified atom stereocenters. The Labute approximate surface area is 166 Å². The Hall–Kier alpha value is -3.26. The van der Waals surface area contributed by atoms with E-state index < -0.39 is 16.8 Å². The molecular formula is C21H18N2O6. The molecule has 148 valence electrons. The van der Waals surface area contributed by atoms with E-state index in [9.17, 15) is 19.7 Å². The molecule has 2 amide bonds. The highest BCUT2D eigenvalue weighted by atomic mass is 16.6. The molecule has 2 aromatic rings. The highest BCUT2D eigenvalue weighted by Crippen LogP contribution is 2.50. The molecule has 3 fully saturated rings. The fourth-order valence-corrected chi connectivity index (χ4v) is 4.64. The summed E-state index contributed by atoms with van der Waals surface area (Å²) in [5.41, 5.74) is 0.883. The first kappa shape index (κ1) is 17.8. The third-order valence-electron chi connectivity index (χ3n) is 5.85. The maximum atomic E-state index is 13.0. The average Bonchev–Trinajstić information content (AvgIpc) is 3.35. The van der Waals surface area contributed by atoms with Crippen LogP contribution in [0.2, 0.25) is 0 Å². The molecular weight excluding hydrogens is 376 g/mol. The lowest BCUT2D eigenvalue weighted by Gasteiger charge is -2.18. The molecule has 8 heteroatoms. The molecule has 3 aliphatic rings. The Morgan fingerprint density at radius 1 is 1.03 bits per heavy atom. The molecule has 4 atom stereocenters. The fourth-order valence-electron chi connectivity index (χ4n) is 4.64. The molecule has 3 aliphatic heterocycles. The standard InChI is InChI=1S/C21H18N2O6/c1-11-3-2-4-14(7-11)28-15-9-12(8-13(10-15)23(26)27)22-20(24)18-16-5-6-17(29-16)19(18)21(22)25/h2-4,7-10,16-19H,5-6H2,1H3/t16-,17+,18-,19-/m0/s1. The molecule has 29 heavy (non-hydrogen) atoms. The van der Waals surface area contributed by atoms with Crippen molar-refractivity contribution in [3.8, 4) is 11.5 Å². The van der Waals surface area contributed by atoms with Crippen molar-refractivity contribution in [2.75, 3.05) is 4.90 Å². The van der Waals surface area contributed by atoms with Crippen molar-refractivity contribution in [2.45, 2.75) is 32.0 Å². The van der Waals surface area contributed by atoms with E-state index in [-0.39, 0.29) is 41.1 Å². The van der Waals surface area contributed by atoms with Gasteiger partial charge >= 0.3 is 0 Å². The third-order valence-corrected chi connectivity index (χ3v) is 5.85. The smallest absolute Gasteiger partial charge is 0.275 e. The lowest BCUT2D eigenvalue weighted by atomic mass is 9.81. The number of nitrogens with zero attached hydrogens (tertiary/aromatic N) is 2. The number of fused-ring (bicyclic) bond motifs is 5. The van der Waals surface area contributed by atoms with Gasteiger partial charge in [-0.1, -0.05) is 12.1 Å². The maximum Gasteiger partial charge on any atom is 0.275 e. The Bertz CT molecular complexity index is 1020. The number of hydrogen-bond acceptors (Lipinski definition) is 6. The summed E-state index contributed by atoms with van der Waals surface area (Å²) in [6.45, 7) is 1.91. The van der Waals surface area contributed by atoms with Gasteiger partial charge in [0.2, 0.25) is 11.8 Å². The SMILES string of the molecule is Cc1cccc(Oc2cc(N3C(=O)[C@@H]4[C@@H](C3=O)[C@H]3CC[C@@H]4O3)cc([N+](=O)[O-])c2)c1. The summed E-state index contributed by atoms with van der Waals surface area (Å²) < 4.78 is 11.5. The molecule has 0 N–H and O–H groups in total. The Balaban J connectivity index is 1.53. The Morgan fingerprint density at radius 2 is 1.72 bits per heavy atom. The Morgan fingerprint density at radius 3 is 2.34 bits per heavy atom. The van der Waals surface area contributed by atoms with Crippen molar-refractivity contribution in [3.05, 3.63) is 58.1 Å². The number of imide groups is 1. The average molecular weight is 394 g/mol. The van der Waals surface area contributed by atoms with Crippen LogP contribution in [0.3, 0.4) is 0 Å². The number of rotatable bonds is 4. The van der Waals surface area contributed by atoms with Crippen molar-refractivity contribution in [1.82, 2.24) is 0 Å². The lowest BCUT2D eigenvalue weighted by Crippen LogP contribution is -2.34. The normalized spacial score (nSPS) is 27.4. The number of carbonyl (C=O) groups is 2. The van der Waals surface area contributed by atoms with E-state index in [1.165, 1.54) is 18.2 Å². The first-order valence-corrected chi connectivity index (χ1v) is 9.49. The largest absolute Gasteiger partial charge is 0.457 e. The summed E-state index contributed by atoms with van der Waals surface area (Å²) >= 11 is 0. The van der Waals surface area contributed by atoms with Crippen molar-refractivity contribution < 1.29 is 24.0 Å². The first-order chi connectivity index (χ1) is 13.9. The third kappa shape index (κ3) is 2.79. The summed E-state index contributed by atoms with van der Waals surface area (Å²) in [5.74, 6) is -0.998. The van der Waals surface area contributed by atoms with Crippen LogP contribution < -0.4 is 9.64 Å². The number of non-ortho nitro benzene ring substituents is 1. The molecule has 0 radical (unpaired) electrons. The van der Waals surface area contributed by atoms with E-state index in [1.807, 2.05) is 19.1 Å². The van der Waals surface area contributed by atoms with E-state index in [4.69, 9.17) is 9.47 Å². The summed E-state index contributed by atoms with van der Waals surface area (Å²) in [6.07, 6.45) is 1.03. The van der Waals surface area contributed by atoms with Crippen LogP contribution in [0.25, 0.3) is 0 Å². The van der Waals surface area contributed by atoms with E-state index >= 15 is 0 Å². The monoisotopic (exact) mass is 394 g/mol. The predicted octanol–water partition coefficient (Wildman–Crippen LogP) is 3.36. The van der Waals surface area contributed by atoms with Gasteiger partial charge in [-0.2, -0.15) is 0 Å². The van der Waals surface area contributed by atoms with Crippen LogP contribution in [0.5, 0.6) is 11.5 Å². The second-order valence-corrected chi connectivity index (χ2v) is 7.71. The summed E-state index contributed by atoms with van der Waals surface area (Å²) in [5, 5.41) is 11.4. The van der Waals surface area contributed by atoms with Gasteiger partial charge in [-0.15, -0.1) is 0 Å². The van der Waals surface area contributed by atoms with Crippen molar-refractivity contribution >= 4 is 23.2 Å². The number of nitro benzene ring substituents is 1. The van der Waals surface area contributed by atoms with Crippen LogP contribution in [0.15, 0.2) is 42.5 Å². The van der Waals surface area contributed by atoms with Gasteiger partial charge in [0.25, 0.3) is 5.69 Å². The number of nitro groups is 1. The molecule has 0 spiro atoms. The van der Waals surface area contributed by atoms with Crippen LogP contribution in [0.4, 0.5) is 11.4 Å². The number of aryl methyl sites for hydroxylation is 1. The zero-order valence-electron chi connectivity index (χ0n) is 15.6. The summed E-state index contributed by atoms with van der Waals surface area (Å²) in [4.78, 5) is 37.9. The zero-order valence-corrected chi connectivity index (χ0v) is 15.6. The van der Waals surface area contributed by atoms with Crippen LogP contribution in [0, 0.1) is 28.9 Å². The van der Waals surface area contributed by atoms with Crippen LogP contribution in [-0.2, 0) is 14.3 Å². The maximum absolute atomic E-state index is 13.0. The molecule has 2 bridgehead atoms. The second kappa shape index (κ2) is 6.38. The van der Waals surface area contributed by atoms with Crippen LogP contribution in [-0.4, -0.2) is 28.9 Å². The number of benzene rings is 2. The van der Waals surface area contributed by atoms with Gasteiger partial charge in [0, 0.05) is 12.1 Å². The molecule has 3 saturated heterocycles. The summed E-state index contributed by atoms with van der Waals surface area (Å²) in [7, 11) is 0. The van der Waals surface area contributed by atoms with E-state index in [0.29, 0.717) is 5.75 Å². The van der Waals surface area contributed by atoms with Crippen molar-refractivity contribution in [1.29, 1.82) is 0 Å². The molecule has 0 aliphatic carbocycles. The van der Waals surface area contributed by atoms with E-state index in [0.717, 1.165) is 23.3 Å². The molecule has 3 heterocycles. The van der Waals surface area contributed by atoms with E-state index in [1.54, 1.807) is 12.1 Å². The van der Waals surface area contributed by atoms with Gasteiger partial charge in [-0.25, -0.2) is 4.90 Å². The molecule has 8 nitrogen and oxygen atoms in total. The Kier molecular flexibility index (Phi) is 3.92. The minimum atomic E-state index is -0.564. The zero-order chi connectivity index (χ0) is 20.3.